The summed E-state index contributed by atoms with van der Waals surface area (Å²) >= 11 is 0. The molecule has 1 atom stereocenters. The maximum Gasteiger partial charge on any atom is 0.128 e. The number of aromatic nitrogens is 1. The second-order valence-electron chi connectivity index (χ2n) is 4.21. The van der Waals surface area contributed by atoms with Gasteiger partial charge >= 0.3 is 0 Å². The van der Waals surface area contributed by atoms with E-state index in [-0.39, 0.29) is 6.04 Å². The van der Waals surface area contributed by atoms with Crippen molar-refractivity contribution >= 4 is 5.82 Å². The molecule has 0 aliphatic heterocycles. The number of hydrogen-bond acceptors (Lipinski definition) is 3. The molecular formula is C13H21N3. The Labute approximate surface area is 98.0 Å². The normalized spacial score (nSPS) is 12.2. The molecule has 1 aromatic heterocycles. The lowest BCUT2D eigenvalue weighted by molar-refractivity contribution is 0.804. The predicted molar refractivity (Wildman–Crippen MR) is 69.5 cm³/mol. The quantitative estimate of drug-likeness (QED) is 0.774. The molecule has 1 aromatic rings. The summed E-state index contributed by atoms with van der Waals surface area (Å²) in [4.78, 5) is 6.62. The minimum atomic E-state index is 0.0396. The molecule has 3 heteroatoms. The van der Waals surface area contributed by atoms with Gasteiger partial charge in [0.05, 0.1) is 0 Å². The molecule has 1 heterocycles. The number of pyridine rings is 1. The van der Waals surface area contributed by atoms with Gasteiger partial charge in [-0.2, -0.15) is 0 Å². The minimum Gasteiger partial charge on any atom is -0.353 e. The van der Waals surface area contributed by atoms with E-state index in [1.807, 2.05) is 32.2 Å². The van der Waals surface area contributed by atoms with Gasteiger partial charge in [0, 0.05) is 25.3 Å². The van der Waals surface area contributed by atoms with E-state index >= 15 is 0 Å². The van der Waals surface area contributed by atoms with Crippen LogP contribution in [0.15, 0.2) is 30.5 Å². The number of anilines is 1. The molecule has 0 saturated heterocycles. The Bertz CT molecular complexity index is 341. The van der Waals surface area contributed by atoms with Gasteiger partial charge < -0.3 is 10.6 Å². The standard InChI is InChI=1S/C13H21N3/c1-5-16(9-10(2)3)13-7-6-12(8-15-13)11(4)14/h6-8,11H,2,5,9,14H2,1,3-4H3. The molecule has 0 spiro atoms. The van der Waals surface area contributed by atoms with E-state index in [9.17, 15) is 0 Å². The van der Waals surface area contributed by atoms with E-state index in [1.54, 1.807) is 0 Å². The molecule has 1 unspecified atom stereocenters. The van der Waals surface area contributed by atoms with E-state index in [0.29, 0.717) is 0 Å². The van der Waals surface area contributed by atoms with E-state index in [4.69, 9.17) is 5.73 Å². The number of hydrogen-bond donors (Lipinski definition) is 1. The van der Waals surface area contributed by atoms with Crippen LogP contribution in [0.4, 0.5) is 5.82 Å². The van der Waals surface area contributed by atoms with Crippen LogP contribution in [-0.2, 0) is 0 Å². The first-order valence-electron chi connectivity index (χ1n) is 5.65. The Balaban J connectivity index is 2.82. The van der Waals surface area contributed by atoms with E-state index in [1.165, 1.54) is 0 Å². The van der Waals surface area contributed by atoms with E-state index in [2.05, 4.69) is 23.4 Å². The van der Waals surface area contributed by atoms with Crippen LogP contribution in [0.5, 0.6) is 0 Å². The van der Waals surface area contributed by atoms with Crippen molar-refractivity contribution in [3.05, 3.63) is 36.0 Å². The third-order valence-corrected chi connectivity index (χ3v) is 2.46. The molecule has 88 valence electrons. The van der Waals surface area contributed by atoms with Gasteiger partial charge in [0.1, 0.15) is 5.82 Å². The number of nitrogens with two attached hydrogens (primary N) is 1. The Morgan fingerprint density at radius 3 is 2.62 bits per heavy atom. The molecule has 0 aliphatic carbocycles. The van der Waals surface area contributed by atoms with Gasteiger partial charge in [-0.25, -0.2) is 4.98 Å². The van der Waals surface area contributed by atoms with Crippen LogP contribution in [0, 0.1) is 0 Å². The summed E-state index contributed by atoms with van der Waals surface area (Å²) in [6, 6.07) is 4.09. The first-order chi connectivity index (χ1) is 7.54. The lowest BCUT2D eigenvalue weighted by Crippen LogP contribution is -2.25. The van der Waals surface area contributed by atoms with Crippen molar-refractivity contribution in [3.8, 4) is 0 Å². The molecule has 0 radical (unpaired) electrons. The maximum absolute atomic E-state index is 5.79. The third-order valence-electron chi connectivity index (χ3n) is 2.46. The average Bonchev–Trinajstić information content (AvgIpc) is 2.25. The van der Waals surface area contributed by atoms with Crippen LogP contribution < -0.4 is 10.6 Å². The second kappa shape index (κ2) is 5.66. The Kier molecular flexibility index (Phi) is 4.50. The smallest absolute Gasteiger partial charge is 0.128 e. The zero-order chi connectivity index (χ0) is 12.1. The molecule has 1 rings (SSSR count). The minimum absolute atomic E-state index is 0.0396. The molecule has 16 heavy (non-hydrogen) atoms. The molecule has 0 aromatic carbocycles. The summed E-state index contributed by atoms with van der Waals surface area (Å²) in [7, 11) is 0. The first kappa shape index (κ1) is 12.7. The monoisotopic (exact) mass is 219 g/mol. The second-order valence-corrected chi connectivity index (χ2v) is 4.21. The third kappa shape index (κ3) is 3.35. The fourth-order valence-corrected chi connectivity index (χ4v) is 1.53. The van der Waals surface area contributed by atoms with Crippen molar-refractivity contribution < 1.29 is 0 Å². The molecular weight excluding hydrogens is 198 g/mol. The van der Waals surface area contributed by atoms with Crippen molar-refractivity contribution in [2.24, 2.45) is 5.73 Å². The molecule has 0 saturated carbocycles. The van der Waals surface area contributed by atoms with Gasteiger partial charge in [-0.3, -0.25) is 0 Å². The van der Waals surface area contributed by atoms with Crippen molar-refractivity contribution in [3.63, 3.8) is 0 Å². The summed E-state index contributed by atoms with van der Waals surface area (Å²) in [6.45, 7) is 11.8. The van der Waals surface area contributed by atoms with Gasteiger partial charge in [0.25, 0.3) is 0 Å². The Morgan fingerprint density at radius 1 is 1.56 bits per heavy atom. The van der Waals surface area contributed by atoms with Crippen molar-refractivity contribution in [2.45, 2.75) is 26.8 Å². The van der Waals surface area contributed by atoms with Crippen LogP contribution in [-0.4, -0.2) is 18.1 Å². The summed E-state index contributed by atoms with van der Waals surface area (Å²) in [5.74, 6) is 0.981. The van der Waals surface area contributed by atoms with Gasteiger partial charge in [-0.05, 0) is 32.4 Å². The zero-order valence-corrected chi connectivity index (χ0v) is 10.4. The van der Waals surface area contributed by atoms with Gasteiger partial charge in [-0.15, -0.1) is 0 Å². The number of likely N-dealkylation sites (N-methyl/N-ethyl adjacent to an activating group) is 1. The van der Waals surface area contributed by atoms with Crippen LogP contribution in [0.25, 0.3) is 0 Å². The SMILES string of the molecule is C=C(C)CN(CC)c1ccc(C(C)N)cn1. The summed E-state index contributed by atoms with van der Waals surface area (Å²) < 4.78 is 0. The van der Waals surface area contributed by atoms with Crippen LogP contribution in [0.3, 0.4) is 0 Å². The largest absolute Gasteiger partial charge is 0.353 e. The van der Waals surface area contributed by atoms with Crippen molar-refractivity contribution in [1.82, 2.24) is 4.98 Å². The topological polar surface area (TPSA) is 42.1 Å². The molecule has 0 fully saturated rings. The molecule has 0 bridgehead atoms. The average molecular weight is 219 g/mol. The van der Waals surface area contributed by atoms with E-state index < -0.39 is 0 Å². The highest BCUT2D eigenvalue weighted by atomic mass is 15.2. The maximum atomic E-state index is 5.79. The summed E-state index contributed by atoms with van der Waals surface area (Å²) in [5, 5.41) is 0. The van der Waals surface area contributed by atoms with Gasteiger partial charge in [-0.1, -0.05) is 18.2 Å². The number of rotatable bonds is 5. The van der Waals surface area contributed by atoms with Crippen LogP contribution in [0.1, 0.15) is 32.4 Å². The lowest BCUT2D eigenvalue weighted by Gasteiger charge is -2.22. The van der Waals surface area contributed by atoms with Crippen molar-refractivity contribution in [2.75, 3.05) is 18.0 Å². The van der Waals surface area contributed by atoms with Crippen LogP contribution >= 0.6 is 0 Å². The summed E-state index contributed by atoms with van der Waals surface area (Å²) in [6.07, 6.45) is 1.85. The number of nitrogens with zero attached hydrogens (tertiary/aromatic N) is 2. The Morgan fingerprint density at radius 2 is 2.25 bits per heavy atom. The van der Waals surface area contributed by atoms with Crippen LogP contribution in [0.2, 0.25) is 0 Å². The molecule has 0 amide bonds. The zero-order valence-electron chi connectivity index (χ0n) is 10.4. The highest BCUT2D eigenvalue weighted by molar-refractivity contribution is 5.41. The first-order valence-corrected chi connectivity index (χ1v) is 5.65. The highest BCUT2D eigenvalue weighted by Crippen LogP contribution is 2.15. The van der Waals surface area contributed by atoms with Gasteiger partial charge in [0.15, 0.2) is 0 Å². The predicted octanol–water partition coefficient (Wildman–Crippen LogP) is 2.50. The fourth-order valence-electron chi connectivity index (χ4n) is 1.53. The molecule has 2 N–H and O–H groups in total. The van der Waals surface area contributed by atoms with Crippen molar-refractivity contribution in [1.29, 1.82) is 0 Å². The lowest BCUT2D eigenvalue weighted by atomic mass is 10.1. The molecule has 3 nitrogen and oxygen atoms in total. The van der Waals surface area contributed by atoms with E-state index in [0.717, 1.165) is 30.0 Å². The Hall–Kier alpha value is -1.35. The fraction of sp³-hybridized carbons (Fsp3) is 0.462. The summed E-state index contributed by atoms with van der Waals surface area (Å²) in [5.41, 5.74) is 7.99. The van der Waals surface area contributed by atoms with Gasteiger partial charge in [0.2, 0.25) is 0 Å². The highest BCUT2D eigenvalue weighted by Gasteiger charge is 2.06. The molecule has 0 aliphatic rings.